The summed E-state index contributed by atoms with van der Waals surface area (Å²) >= 11 is 1.57. The van der Waals surface area contributed by atoms with Crippen LogP contribution in [0.2, 0.25) is 0 Å². The van der Waals surface area contributed by atoms with Gasteiger partial charge in [-0.3, -0.25) is 9.59 Å². The molecule has 0 bridgehead atoms. The first-order valence-electron chi connectivity index (χ1n) is 14.1. The van der Waals surface area contributed by atoms with E-state index in [2.05, 4.69) is 34.8 Å². The van der Waals surface area contributed by atoms with Gasteiger partial charge in [0.2, 0.25) is 0 Å². The van der Waals surface area contributed by atoms with Crippen molar-refractivity contribution in [3.05, 3.63) is 81.3 Å². The van der Waals surface area contributed by atoms with Crippen LogP contribution in [0.3, 0.4) is 0 Å². The quantitative estimate of drug-likeness (QED) is 0.216. The molecule has 2 aliphatic rings. The molecule has 2 aliphatic heterocycles. The number of esters is 1. The molecule has 3 N–H and O–H groups in total. The lowest BCUT2D eigenvalue weighted by Crippen LogP contribution is -2.26. The highest BCUT2D eigenvalue weighted by atomic mass is 32.1. The van der Waals surface area contributed by atoms with Gasteiger partial charge in [0.1, 0.15) is 18.1 Å². The van der Waals surface area contributed by atoms with Crippen molar-refractivity contribution in [1.82, 2.24) is 10.3 Å². The van der Waals surface area contributed by atoms with E-state index < -0.39 is 11.9 Å². The normalized spacial score (nSPS) is 14.0. The van der Waals surface area contributed by atoms with Crippen LogP contribution in [0.4, 0.5) is 11.4 Å². The van der Waals surface area contributed by atoms with Crippen LogP contribution in [0.5, 0.6) is 5.75 Å². The zero-order valence-electron chi connectivity index (χ0n) is 24.4. The number of benzene rings is 2. The molecule has 6 rings (SSSR count). The predicted octanol–water partition coefficient (Wildman–Crippen LogP) is 6.25. The van der Waals surface area contributed by atoms with Crippen molar-refractivity contribution >= 4 is 40.5 Å². The molecule has 0 aliphatic carbocycles. The molecular weight excluding hydrogens is 564 g/mol. The molecule has 9 nitrogen and oxygen atoms in total. The third-order valence-corrected chi connectivity index (χ3v) is 8.63. The van der Waals surface area contributed by atoms with Crippen LogP contribution < -0.4 is 20.7 Å². The van der Waals surface area contributed by atoms with Crippen molar-refractivity contribution in [2.75, 3.05) is 30.8 Å². The van der Waals surface area contributed by atoms with E-state index >= 15 is 0 Å². The van der Waals surface area contributed by atoms with E-state index in [1.54, 1.807) is 35.6 Å². The number of nitrogens with one attached hydrogen (secondary N) is 3. The SMILES string of the molecule is CCCNC(=O)c1ccc(-c2cc3c(cc2C(=O)Nc2ccc4c(c2)C(C)(C)CN4)-c2cscc2CO3)c(C(=O)OC)n1. The number of thiophene rings is 1. The number of aromatic nitrogens is 1. The molecule has 2 aromatic carbocycles. The number of carbonyl (C=O) groups excluding carboxylic acids is 3. The van der Waals surface area contributed by atoms with E-state index in [0.717, 1.165) is 40.9 Å². The molecule has 0 saturated carbocycles. The molecule has 0 spiro atoms. The minimum atomic E-state index is -0.724. The van der Waals surface area contributed by atoms with Crippen LogP contribution in [-0.4, -0.2) is 43.0 Å². The molecule has 2 aromatic heterocycles. The van der Waals surface area contributed by atoms with Crippen LogP contribution in [0, 0.1) is 0 Å². The molecule has 0 fully saturated rings. The van der Waals surface area contributed by atoms with E-state index in [1.165, 1.54) is 7.11 Å². The number of rotatable bonds is 7. The van der Waals surface area contributed by atoms with Gasteiger partial charge in [-0.1, -0.05) is 20.8 Å². The monoisotopic (exact) mass is 596 g/mol. The molecule has 4 heterocycles. The van der Waals surface area contributed by atoms with Gasteiger partial charge in [0, 0.05) is 63.3 Å². The average Bonchev–Trinajstić information content (AvgIpc) is 3.62. The van der Waals surface area contributed by atoms with Crippen molar-refractivity contribution in [2.45, 2.75) is 39.2 Å². The van der Waals surface area contributed by atoms with Gasteiger partial charge in [-0.2, -0.15) is 11.3 Å². The Morgan fingerprint density at radius 2 is 1.86 bits per heavy atom. The maximum Gasteiger partial charge on any atom is 0.357 e. The number of hydrogen-bond donors (Lipinski definition) is 3. The third kappa shape index (κ3) is 5.23. The van der Waals surface area contributed by atoms with Crippen LogP contribution >= 0.6 is 11.3 Å². The number of hydrogen-bond acceptors (Lipinski definition) is 8. The Kier molecular flexibility index (Phi) is 7.39. The lowest BCUT2D eigenvalue weighted by atomic mass is 9.87. The van der Waals surface area contributed by atoms with Crippen molar-refractivity contribution in [3.8, 4) is 28.0 Å². The minimum absolute atomic E-state index is 0.0713. The van der Waals surface area contributed by atoms with Gasteiger partial charge in [0.15, 0.2) is 5.69 Å². The van der Waals surface area contributed by atoms with Gasteiger partial charge in [-0.05, 0) is 65.2 Å². The number of methoxy groups -OCH3 is 1. The Morgan fingerprint density at radius 1 is 1.02 bits per heavy atom. The van der Waals surface area contributed by atoms with Crippen molar-refractivity contribution in [1.29, 1.82) is 0 Å². The Bertz CT molecular complexity index is 1780. The number of carbonyl (C=O) groups is 3. The molecule has 220 valence electrons. The molecule has 43 heavy (non-hydrogen) atoms. The summed E-state index contributed by atoms with van der Waals surface area (Å²) < 4.78 is 11.1. The largest absolute Gasteiger partial charge is 0.488 e. The number of amides is 2. The second-order valence-electron chi connectivity index (χ2n) is 11.3. The second-order valence-corrected chi connectivity index (χ2v) is 12.0. The van der Waals surface area contributed by atoms with E-state index in [0.29, 0.717) is 41.3 Å². The summed E-state index contributed by atoms with van der Waals surface area (Å²) in [5, 5.41) is 13.3. The van der Waals surface area contributed by atoms with Crippen LogP contribution in [0.1, 0.15) is 69.7 Å². The molecular formula is C33H32N4O5S. The van der Waals surface area contributed by atoms with Gasteiger partial charge in [-0.25, -0.2) is 9.78 Å². The standard InChI is InChI=1S/C33H32N4O5S/c1-5-10-34-31(39)27-9-7-20(29(37-27)32(40)41-4)21-13-28-22(24-16-43-15-18(24)14-42-28)12-23(21)30(38)36-19-6-8-26-25(11-19)33(2,3)17-35-26/h6-9,11-13,15-16,35H,5,10,14,17H2,1-4H3,(H,34,39)(H,36,38). The predicted molar refractivity (Wildman–Crippen MR) is 167 cm³/mol. The first-order chi connectivity index (χ1) is 20.7. The zero-order valence-corrected chi connectivity index (χ0v) is 25.2. The minimum Gasteiger partial charge on any atom is -0.488 e. The molecule has 0 atom stereocenters. The maximum absolute atomic E-state index is 14.1. The van der Waals surface area contributed by atoms with Crippen LogP contribution in [-0.2, 0) is 16.8 Å². The molecule has 0 saturated heterocycles. The number of nitrogens with zero attached hydrogens (tertiary/aromatic N) is 1. The Hall–Kier alpha value is -4.70. The first-order valence-corrected chi connectivity index (χ1v) is 15.1. The molecule has 10 heteroatoms. The van der Waals surface area contributed by atoms with Gasteiger partial charge in [0.05, 0.1) is 7.11 Å². The maximum atomic E-state index is 14.1. The van der Waals surface area contributed by atoms with E-state index in [9.17, 15) is 14.4 Å². The van der Waals surface area contributed by atoms with Crippen molar-refractivity contribution in [3.63, 3.8) is 0 Å². The second kappa shape index (κ2) is 11.2. The third-order valence-electron chi connectivity index (χ3n) is 7.84. The van der Waals surface area contributed by atoms with E-state index in [-0.39, 0.29) is 22.7 Å². The highest BCUT2D eigenvalue weighted by Crippen LogP contribution is 2.44. The molecule has 0 unspecified atom stereocenters. The Morgan fingerprint density at radius 3 is 2.65 bits per heavy atom. The fraction of sp³-hybridized carbons (Fsp3) is 0.273. The molecule has 2 amide bonds. The first kappa shape index (κ1) is 28.4. The highest BCUT2D eigenvalue weighted by Gasteiger charge is 2.31. The summed E-state index contributed by atoms with van der Waals surface area (Å²) in [6.45, 7) is 7.95. The number of ether oxygens (including phenoxy) is 2. The summed E-state index contributed by atoms with van der Waals surface area (Å²) in [6, 6.07) is 12.6. The summed E-state index contributed by atoms with van der Waals surface area (Å²) in [5.74, 6) is -0.893. The van der Waals surface area contributed by atoms with E-state index in [1.807, 2.05) is 35.9 Å². The van der Waals surface area contributed by atoms with Crippen LogP contribution in [0.15, 0.2) is 53.2 Å². The zero-order chi connectivity index (χ0) is 30.3. The van der Waals surface area contributed by atoms with E-state index in [4.69, 9.17) is 9.47 Å². The van der Waals surface area contributed by atoms with Gasteiger partial charge < -0.3 is 25.4 Å². The van der Waals surface area contributed by atoms with Gasteiger partial charge >= 0.3 is 5.97 Å². The fourth-order valence-electron chi connectivity index (χ4n) is 5.48. The van der Waals surface area contributed by atoms with Crippen molar-refractivity contribution < 1.29 is 23.9 Å². The molecule has 4 aromatic rings. The highest BCUT2D eigenvalue weighted by molar-refractivity contribution is 7.08. The summed E-state index contributed by atoms with van der Waals surface area (Å²) in [4.78, 5) is 44.2. The smallest absolute Gasteiger partial charge is 0.357 e. The van der Waals surface area contributed by atoms with Gasteiger partial charge in [0.25, 0.3) is 11.8 Å². The molecule has 0 radical (unpaired) electrons. The number of fused-ring (bicyclic) bond motifs is 4. The van der Waals surface area contributed by atoms with Gasteiger partial charge in [-0.15, -0.1) is 0 Å². The summed E-state index contributed by atoms with van der Waals surface area (Å²) in [6.07, 6.45) is 0.755. The van der Waals surface area contributed by atoms with Crippen LogP contribution in [0.25, 0.3) is 22.3 Å². The lowest BCUT2D eigenvalue weighted by molar-refractivity contribution is 0.0594. The van der Waals surface area contributed by atoms with Crippen molar-refractivity contribution in [2.24, 2.45) is 0 Å². The Balaban J connectivity index is 1.48. The number of pyridine rings is 1. The fourth-order valence-corrected chi connectivity index (χ4v) is 6.32. The lowest BCUT2D eigenvalue weighted by Gasteiger charge is -2.22. The summed E-state index contributed by atoms with van der Waals surface area (Å²) in [5.41, 5.74) is 6.73. The summed E-state index contributed by atoms with van der Waals surface area (Å²) in [7, 11) is 1.25. The average molecular weight is 597 g/mol. The number of anilines is 2. The Labute approximate surface area is 253 Å². The topological polar surface area (TPSA) is 119 Å².